The molecule has 1 rings (SSSR count). The van der Waals surface area contributed by atoms with Crippen LogP contribution in [-0.4, -0.2) is 12.6 Å². The first-order valence-electron chi connectivity index (χ1n) is 3.70. The van der Waals surface area contributed by atoms with Crippen molar-refractivity contribution in [2.45, 2.75) is 13.3 Å². The number of hydrogen-bond donors (Lipinski definition) is 1. The number of thiophene rings is 1. The third-order valence-corrected chi connectivity index (χ3v) is 2.23. The maximum Gasteiger partial charge on any atom is 0.310 e. The second-order valence-electron chi connectivity index (χ2n) is 2.33. The predicted molar refractivity (Wildman–Crippen MR) is 56.3 cm³/mol. The molecule has 3 nitrogen and oxygen atoms in total. The standard InChI is InChI=1S/C8H11NO2S.ClH/c1-2-11-8(10)3-6-4-12-5-7(6)9;/h4-5H,2-3,9H2,1H3;1H. The maximum atomic E-state index is 11.0. The Morgan fingerprint density at radius 2 is 2.31 bits per heavy atom. The highest BCUT2D eigenvalue weighted by molar-refractivity contribution is 7.08. The van der Waals surface area contributed by atoms with Gasteiger partial charge in [-0.2, -0.15) is 0 Å². The van der Waals surface area contributed by atoms with E-state index in [0.29, 0.717) is 12.3 Å². The molecule has 74 valence electrons. The monoisotopic (exact) mass is 221 g/mol. The quantitative estimate of drug-likeness (QED) is 0.793. The number of carbonyl (C=O) groups excluding carboxylic acids is 1. The highest BCUT2D eigenvalue weighted by Crippen LogP contribution is 2.17. The maximum absolute atomic E-state index is 11.0. The van der Waals surface area contributed by atoms with Gasteiger partial charge in [-0.25, -0.2) is 0 Å². The lowest BCUT2D eigenvalue weighted by Crippen LogP contribution is -2.07. The van der Waals surface area contributed by atoms with Crippen LogP contribution in [0.2, 0.25) is 0 Å². The molecule has 0 saturated heterocycles. The molecule has 5 heteroatoms. The molecule has 0 bridgehead atoms. The lowest BCUT2D eigenvalue weighted by molar-refractivity contribution is -0.142. The summed E-state index contributed by atoms with van der Waals surface area (Å²) in [7, 11) is 0. The van der Waals surface area contributed by atoms with Crippen molar-refractivity contribution in [3.05, 3.63) is 16.3 Å². The van der Waals surface area contributed by atoms with Gasteiger partial charge in [0, 0.05) is 11.1 Å². The zero-order chi connectivity index (χ0) is 8.97. The molecule has 1 heterocycles. The fourth-order valence-corrected chi connectivity index (χ4v) is 1.59. The van der Waals surface area contributed by atoms with Crippen molar-refractivity contribution in [2.75, 3.05) is 12.3 Å². The van der Waals surface area contributed by atoms with Crippen molar-refractivity contribution in [2.24, 2.45) is 0 Å². The van der Waals surface area contributed by atoms with Crippen molar-refractivity contribution in [1.82, 2.24) is 0 Å². The van der Waals surface area contributed by atoms with E-state index in [1.54, 1.807) is 6.92 Å². The highest BCUT2D eigenvalue weighted by atomic mass is 35.5. The molecule has 0 amide bonds. The van der Waals surface area contributed by atoms with Crippen molar-refractivity contribution in [3.63, 3.8) is 0 Å². The first kappa shape index (κ1) is 12.3. The third-order valence-electron chi connectivity index (χ3n) is 1.42. The summed E-state index contributed by atoms with van der Waals surface area (Å²) in [6, 6.07) is 0. The molecule has 0 radical (unpaired) electrons. The second-order valence-corrected chi connectivity index (χ2v) is 3.08. The Kier molecular flexibility index (Phi) is 5.50. The summed E-state index contributed by atoms with van der Waals surface area (Å²) in [4.78, 5) is 11.0. The van der Waals surface area contributed by atoms with Gasteiger partial charge in [0.2, 0.25) is 0 Å². The van der Waals surface area contributed by atoms with E-state index in [1.807, 2.05) is 10.8 Å². The van der Waals surface area contributed by atoms with Crippen LogP contribution in [-0.2, 0) is 16.0 Å². The summed E-state index contributed by atoms with van der Waals surface area (Å²) < 4.78 is 4.78. The van der Waals surface area contributed by atoms with Crippen LogP contribution < -0.4 is 5.73 Å². The van der Waals surface area contributed by atoms with Crippen LogP contribution in [0.3, 0.4) is 0 Å². The van der Waals surface area contributed by atoms with Gasteiger partial charge in [-0.15, -0.1) is 23.7 Å². The molecule has 0 spiro atoms. The third kappa shape index (κ3) is 3.65. The predicted octanol–water partition coefficient (Wildman–Crippen LogP) is 1.86. The fraction of sp³-hybridized carbons (Fsp3) is 0.375. The van der Waals surface area contributed by atoms with E-state index < -0.39 is 0 Å². The van der Waals surface area contributed by atoms with E-state index in [9.17, 15) is 4.79 Å². The molecule has 1 aromatic heterocycles. The smallest absolute Gasteiger partial charge is 0.310 e. The van der Waals surface area contributed by atoms with Gasteiger partial charge in [0.15, 0.2) is 0 Å². The summed E-state index contributed by atoms with van der Waals surface area (Å²) in [5, 5.41) is 3.68. The number of nitrogens with two attached hydrogens (primary N) is 1. The van der Waals surface area contributed by atoms with Crippen molar-refractivity contribution >= 4 is 35.4 Å². The van der Waals surface area contributed by atoms with E-state index in [2.05, 4.69) is 0 Å². The average molecular weight is 222 g/mol. The number of nitrogen functional groups attached to an aromatic ring is 1. The number of anilines is 1. The van der Waals surface area contributed by atoms with Crippen LogP contribution in [0.4, 0.5) is 5.69 Å². The highest BCUT2D eigenvalue weighted by Gasteiger charge is 2.06. The van der Waals surface area contributed by atoms with E-state index in [0.717, 1.165) is 5.56 Å². The van der Waals surface area contributed by atoms with Gasteiger partial charge in [0.1, 0.15) is 0 Å². The Hall–Kier alpha value is -0.740. The van der Waals surface area contributed by atoms with Crippen molar-refractivity contribution in [3.8, 4) is 0 Å². The number of halogens is 1. The molecule has 0 atom stereocenters. The first-order valence-corrected chi connectivity index (χ1v) is 4.64. The first-order chi connectivity index (χ1) is 5.74. The lowest BCUT2D eigenvalue weighted by atomic mass is 10.2. The molecular weight excluding hydrogens is 210 g/mol. The van der Waals surface area contributed by atoms with Gasteiger partial charge >= 0.3 is 5.97 Å². The van der Waals surface area contributed by atoms with Crippen LogP contribution in [0.5, 0.6) is 0 Å². The Labute approximate surface area is 87.3 Å². The molecule has 0 aliphatic heterocycles. The van der Waals surface area contributed by atoms with Gasteiger partial charge in [0.25, 0.3) is 0 Å². The molecule has 13 heavy (non-hydrogen) atoms. The summed E-state index contributed by atoms with van der Waals surface area (Å²) in [5.74, 6) is -0.220. The molecule has 0 fully saturated rings. The van der Waals surface area contributed by atoms with Gasteiger partial charge in [0.05, 0.1) is 13.0 Å². The SMILES string of the molecule is CCOC(=O)Cc1cscc1N.Cl. The van der Waals surface area contributed by atoms with Gasteiger partial charge < -0.3 is 10.5 Å². The fourth-order valence-electron chi connectivity index (χ4n) is 0.844. The van der Waals surface area contributed by atoms with Crippen molar-refractivity contribution in [1.29, 1.82) is 0 Å². The Balaban J connectivity index is 0.00000144. The normalized spacial score (nSPS) is 9.00. The average Bonchev–Trinajstić information content (AvgIpc) is 2.37. The Bertz CT molecular complexity index is 275. The molecule has 0 saturated carbocycles. The summed E-state index contributed by atoms with van der Waals surface area (Å²) >= 11 is 1.49. The summed E-state index contributed by atoms with van der Waals surface area (Å²) in [6.07, 6.45) is 0.281. The molecule has 1 aromatic rings. The molecule has 0 aliphatic rings. The number of rotatable bonds is 3. The van der Waals surface area contributed by atoms with E-state index >= 15 is 0 Å². The zero-order valence-electron chi connectivity index (χ0n) is 7.28. The van der Waals surface area contributed by atoms with Crippen molar-refractivity contribution < 1.29 is 9.53 Å². The van der Waals surface area contributed by atoms with Crippen LogP contribution in [0.15, 0.2) is 10.8 Å². The summed E-state index contributed by atoms with van der Waals surface area (Å²) in [5.41, 5.74) is 7.12. The largest absolute Gasteiger partial charge is 0.466 e. The number of ether oxygens (including phenoxy) is 1. The minimum absolute atomic E-state index is 0. The molecule has 0 aliphatic carbocycles. The topological polar surface area (TPSA) is 52.3 Å². The zero-order valence-corrected chi connectivity index (χ0v) is 8.91. The molecular formula is C8H12ClNO2S. The van der Waals surface area contributed by atoms with E-state index in [1.165, 1.54) is 11.3 Å². The molecule has 0 aromatic carbocycles. The number of hydrogen-bond acceptors (Lipinski definition) is 4. The van der Waals surface area contributed by atoms with Gasteiger partial charge in [-0.05, 0) is 17.9 Å². The van der Waals surface area contributed by atoms with Crippen LogP contribution >= 0.6 is 23.7 Å². The van der Waals surface area contributed by atoms with Crippen LogP contribution in [0, 0.1) is 0 Å². The summed E-state index contributed by atoms with van der Waals surface area (Å²) in [6.45, 7) is 2.21. The second kappa shape index (κ2) is 5.83. The van der Waals surface area contributed by atoms with Gasteiger partial charge in [-0.3, -0.25) is 4.79 Å². The molecule has 2 N–H and O–H groups in total. The molecule has 0 unspecified atom stereocenters. The number of carbonyl (C=O) groups is 1. The van der Waals surface area contributed by atoms with Crippen LogP contribution in [0.25, 0.3) is 0 Å². The minimum atomic E-state index is -0.220. The lowest BCUT2D eigenvalue weighted by Gasteiger charge is -2.00. The minimum Gasteiger partial charge on any atom is -0.466 e. The number of esters is 1. The Morgan fingerprint density at radius 3 is 2.77 bits per heavy atom. The van der Waals surface area contributed by atoms with E-state index in [-0.39, 0.29) is 24.8 Å². The van der Waals surface area contributed by atoms with Crippen LogP contribution in [0.1, 0.15) is 12.5 Å². The van der Waals surface area contributed by atoms with Gasteiger partial charge in [-0.1, -0.05) is 0 Å². The Morgan fingerprint density at radius 1 is 1.62 bits per heavy atom. The van der Waals surface area contributed by atoms with E-state index in [4.69, 9.17) is 10.5 Å².